The monoisotopic (exact) mass is 459 g/mol. The quantitative estimate of drug-likeness (QED) is 0.405. The Hall–Kier alpha value is -3.57. The van der Waals surface area contributed by atoms with Crippen molar-refractivity contribution >= 4 is 40.0 Å². The standard InChI is InChI=1S/C27H26ClN3O2/c1-18-23(22-13-6-7-14-24(22)29-18)17-26(32)30-25(15-19-9-4-3-5-10-19)27(33)31(2)21-12-8-11-20(28)16-21/h3-14,16,25,29H,15,17H2,1-2H3,(H,30,32)/t25-/m0/s1. The summed E-state index contributed by atoms with van der Waals surface area (Å²) in [4.78, 5) is 31.4. The lowest BCUT2D eigenvalue weighted by Crippen LogP contribution is -2.49. The van der Waals surface area contributed by atoms with Gasteiger partial charge in [-0.2, -0.15) is 0 Å². The zero-order valence-corrected chi connectivity index (χ0v) is 19.4. The van der Waals surface area contributed by atoms with E-state index >= 15 is 0 Å². The molecule has 0 fully saturated rings. The molecule has 0 aliphatic carbocycles. The number of halogens is 1. The third-order valence-corrected chi connectivity index (χ3v) is 6.04. The van der Waals surface area contributed by atoms with Crippen LogP contribution < -0.4 is 10.2 Å². The van der Waals surface area contributed by atoms with Gasteiger partial charge in [0, 0.05) is 40.8 Å². The van der Waals surface area contributed by atoms with Gasteiger partial charge in [-0.15, -0.1) is 0 Å². The van der Waals surface area contributed by atoms with E-state index in [2.05, 4.69) is 10.3 Å². The summed E-state index contributed by atoms with van der Waals surface area (Å²) in [5.74, 6) is -0.401. The first kappa shape index (κ1) is 22.6. The van der Waals surface area contributed by atoms with Crippen LogP contribution in [0.4, 0.5) is 5.69 Å². The Balaban J connectivity index is 1.57. The minimum absolute atomic E-state index is 0.190. The predicted molar refractivity (Wildman–Crippen MR) is 134 cm³/mol. The molecule has 4 aromatic rings. The average Bonchev–Trinajstić information content (AvgIpc) is 3.13. The number of hydrogen-bond acceptors (Lipinski definition) is 2. The molecule has 6 heteroatoms. The third kappa shape index (κ3) is 5.26. The van der Waals surface area contributed by atoms with Crippen molar-refractivity contribution in [1.82, 2.24) is 10.3 Å². The van der Waals surface area contributed by atoms with Crippen LogP contribution in [-0.2, 0) is 22.4 Å². The Morgan fingerprint density at radius 2 is 1.73 bits per heavy atom. The van der Waals surface area contributed by atoms with Crippen molar-refractivity contribution in [3.8, 4) is 0 Å². The number of para-hydroxylation sites is 1. The highest BCUT2D eigenvalue weighted by atomic mass is 35.5. The Morgan fingerprint density at radius 3 is 2.48 bits per heavy atom. The SMILES string of the molecule is Cc1[nH]c2ccccc2c1CC(=O)N[C@@H](Cc1ccccc1)C(=O)N(C)c1cccc(Cl)c1. The second kappa shape index (κ2) is 9.92. The van der Waals surface area contributed by atoms with Crippen LogP contribution in [0, 0.1) is 6.92 Å². The van der Waals surface area contributed by atoms with E-state index in [0.29, 0.717) is 17.1 Å². The highest BCUT2D eigenvalue weighted by Crippen LogP contribution is 2.23. The fourth-order valence-electron chi connectivity index (χ4n) is 4.06. The maximum atomic E-state index is 13.4. The largest absolute Gasteiger partial charge is 0.358 e. The number of rotatable bonds is 7. The molecule has 4 rings (SSSR count). The number of nitrogens with one attached hydrogen (secondary N) is 2. The van der Waals surface area contributed by atoms with Gasteiger partial charge in [0.05, 0.1) is 6.42 Å². The van der Waals surface area contributed by atoms with Crippen LogP contribution in [0.1, 0.15) is 16.8 Å². The number of anilines is 1. The number of aromatic amines is 1. The fourth-order valence-corrected chi connectivity index (χ4v) is 4.25. The van der Waals surface area contributed by atoms with Crippen molar-refractivity contribution in [3.05, 3.63) is 101 Å². The number of amides is 2. The summed E-state index contributed by atoms with van der Waals surface area (Å²) in [7, 11) is 1.70. The molecule has 0 saturated carbocycles. The number of benzene rings is 3. The Kier molecular flexibility index (Phi) is 6.80. The summed E-state index contributed by atoms with van der Waals surface area (Å²) in [6, 6.07) is 24.0. The van der Waals surface area contributed by atoms with Crippen molar-refractivity contribution in [2.24, 2.45) is 0 Å². The lowest BCUT2D eigenvalue weighted by Gasteiger charge is -2.25. The highest BCUT2D eigenvalue weighted by molar-refractivity contribution is 6.30. The highest BCUT2D eigenvalue weighted by Gasteiger charge is 2.26. The molecular formula is C27H26ClN3O2. The molecule has 5 nitrogen and oxygen atoms in total. The molecular weight excluding hydrogens is 434 g/mol. The molecule has 0 aliphatic heterocycles. The van der Waals surface area contributed by atoms with Gasteiger partial charge >= 0.3 is 0 Å². The van der Waals surface area contributed by atoms with Crippen LogP contribution in [0.2, 0.25) is 5.02 Å². The van der Waals surface area contributed by atoms with E-state index in [0.717, 1.165) is 27.7 Å². The van der Waals surface area contributed by atoms with Crippen LogP contribution in [0.15, 0.2) is 78.9 Å². The summed E-state index contributed by atoms with van der Waals surface area (Å²) in [6.07, 6.45) is 0.582. The van der Waals surface area contributed by atoms with Gasteiger partial charge in [-0.05, 0) is 42.3 Å². The van der Waals surface area contributed by atoms with Crippen molar-refractivity contribution in [2.75, 3.05) is 11.9 Å². The molecule has 0 bridgehead atoms. The van der Waals surface area contributed by atoms with Gasteiger partial charge in [0.2, 0.25) is 11.8 Å². The van der Waals surface area contributed by atoms with Crippen molar-refractivity contribution in [3.63, 3.8) is 0 Å². The van der Waals surface area contributed by atoms with Crippen molar-refractivity contribution in [2.45, 2.75) is 25.8 Å². The van der Waals surface area contributed by atoms with Gasteiger partial charge in [-0.25, -0.2) is 0 Å². The Morgan fingerprint density at radius 1 is 1.00 bits per heavy atom. The molecule has 3 aromatic carbocycles. The van der Waals surface area contributed by atoms with Gasteiger partial charge < -0.3 is 15.2 Å². The first-order valence-corrected chi connectivity index (χ1v) is 11.2. The van der Waals surface area contributed by atoms with E-state index in [4.69, 9.17) is 11.6 Å². The third-order valence-electron chi connectivity index (χ3n) is 5.81. The molecule has 0 spiro atoms. The van der Waals surface area contributed by atoms with Gasteiger partial charge in [0.25, 0.3) is 0 Å². The molecule has 2 N–H and O–H groups in total. The van der Waals surface area contributed by atoms with E-state index < -0.39 is 6.04 Å². The predicted octanol–water partition coefficient (Wildman–Crippen LogP) is 5.06. The first-order valence-electron chi connectivity index (χ1n) is 10.8. The summed E-state index contributed by atoms with van der Waals surface area (Å²) in [5.41, 5.74) is 4.53. The summed E-state index contributed by atoms with van der Waals surface area (Å²) >= 11 is 6.12. The second-order valence-corrected chi connectivity index (χ2v) is 8.57. The van der Waals surface area contributed by atoms with E-state index in [1.807, 2.05) is 67.6 Å². The summed E-state index contributed by atoms with van der Waals surface area (Å²) < 4.78 is 0. The first-order chi connectivity index (χ1) is 15.9. The zero-order chi connectivity index (χ0) is 23.4. The Labute approximate surface area is 198 Å². The van der Waals surface area contributed by atoms with Crippen LogP contribution in [0.25, 0.3) is 10.9 Å². The van der Waals surface area contributed by atoms with Crippen LogP contribution in [-0.4, -0.2) is 29.9 Å². The van der Waals surface area contributed by atoms with Crippen LogP contribution in [0.3, 0.4) is 0 Å². The van der Waals surface area contributed by atoms with Crippen molar-refractivity contribution in [1.29, 1.82) is 0 Å². The number of fused-ring (bicyclic) bond motifs is 1. The fraction of sp³-hybridized carbons (Fsp3) is 0.185. The number of aryl methyl sites for hydroxylation is 1. The molecule has 0 radical (unpaired) electrons. The lowest BCUT2D eigenvalue weighted by atomic mass is 10.0. The smallest absolute Gasteiger partial charge is 0.249 e. The van der Waals surface area contributed by atoms with Crippen molar-refractivity contribution < 1.29 is 9.59 Å². The molecule has 168 valence electrons. The van der Waals surface area contributed by atoms with Crippen LogP contribution >= 0.6 is 11.6 Å². The summed E-state index contributed by atoms with van der Waals surface area (Å²) in [6.45, 7) is 1.96. The number of carbonyl (C=O) groups excluding carboxylic acids is 2. The zero-order valence-electron chi connectivity index (χ0n) is 18.6. The summed E-state index contributed by atoms with van der Waals surface area (Å²) in [5, 5.41) is 4.55. The van der Waals surface area contributed by atoms with Gasteiger partial charge in [-0.1, -0.05) is 66.2 Å². The van der Waals surface area contributed by atoms with E-state index in [1.165, 1.54) is 4.90 Å². The number of H-pyrrole nitrogens is 1. The lowest BCUT2D eigenvalue weighted by molar-refractivity contribution is -0.127. The minimum Gasteiger partial charge on any atom is -0.358 e. The maximum absolute atomic E-state index is 13.4. The number of carbonyl (C=O) groups is 2. The average molecular weight is 460 g/mol. The topological polar surface area (TPSA) is 65.2 Å². The molecule has 1 aromatic heterocycles. The maximum Gasteiger partial charge on any atom is 0.249 e. The molecule has 1 heterocycles. The molecule has 33 heavy (non-hydrogen) atoms. The molecule has 1 atom stereocenters. The van der Waals surface area contributed by atoms with E-state index in [-0.39, 0.29) is 18.2 Å². The normalized spacial score (nSPS) is 11.8. The van der Waals surface area contributed by atoms with Crippen LogP contribution in [0.5, 0.6) is 0 Å². The minimum atomic E-state index is -0.714. The van der Waals surface area contributed by atoms with Gasteiger partial charge in [-0.3, -0.25) is 9.59 Å². The molecule has 2 amide bonds. The number of nitrogens with zero attached hydrogens (tertiary/aromatic N) is 1. The molecule has 0 aliphatic rings. The number of hydrogen-bond donors (Lipinski definition) is 2. The second-order valence-electron chi connectivity index (χ2n) is 8.14. The number of aromatic nitrogens is 1. The van der Waals surface area contributed by atoms with Gasteiger partial charge in [0.15, 0.2) is 0 Å². The Bertz CT molecular complexity index is 1280. The molecule has 0 unspecified atom stereocenters. The molecule has 0 saturated heterocycles. The van der Waals surface area contributed by atoms with E-state index in [1.54, 1.807) is 25.2 Å². The van der Waals surface area contributed by atoms with E-state index in [9.17, 15) is 9.59 Å². The van der Waals surface area contributed by atoms with Gasteiger partial charge in [0.1, 0.15) is 6.04 Å². The number of likely N-dealkylation sites (N-methyl/N-ethyl adjacent to an activating group) is 1.